The molecule has 1 aromatic rings. The molecule has 21 heavy (non-hydrogen) atoms. The molecule has 0 aromatic carbocycles. The lowest BCUT2D eigenvalue weighted by Crippen LogP contribution is -2.62. The van der Waals surface area contributed by atoms with E-state index in [9.17, 15) is 9.59 Å². The van der Waals surface area contributed by atoms with Crippen LogP contribution in [0.4, 0.5) is 10.7 Å². The highest BCUT2D eigenvalue weighted by Gasteiger charge is 2.52. The van der Waals surface area contributed by atoms with Gasteiger partial charge >= 0.3 is 12.0 Å². The van der Waals surface area contributed by atoms with Crippen LogP contribution >= 0.6 is 11.6 Å². The molecule has 1 aromatic heterocycles. The van der Waals surface area contributed by atoms with Crippen molar-refractivity contribution in [2.24, 2.45) is 4.99 Å². The maximum absolute atomic E-state index is 12.6. The van der Waals surface area contributed by atoms with Crippen molar-refractivity contribution in [2.75, 3.05) is 19.5 Å². The van der Waals surface area contributed by atoms with Crippen LogP contribution in [-0.4, -0.2) is 51.6 Å². The van der Waals surface area contributed by atoms with Gasteiger partial charge < -0.3 is 0 Å². The van der Waals surface area contributed by atoms with Crippen molar-refractivity contribution < 1.29 is 14.2 Å². The first kappa shape index (κ1) is 14.1. The first-order valence-electron chi connectivity index (χ1n) is 6.86. The summed E-state index contributed by atoms with van der Waals surface area (Å²) in [6.45, 7) is 4.70. The van der Waals surface area contributed by atoms with Gasteiger partial charge in [-0.15, -0.1) is 11.6 Å². The number of alkyl halides is 1. The molecule has 0 spiro atoms. The van der Waals surface area contributed by atoms with Crippen LogP contribution in [0.5, 0.6) is 0 Å². The fourth-order valence-electron chi connectivity index (χ4n) is 2.88. The summed E-state index contributed by atoms with van der Waals surface area (Å²) < 4.78 is 3.78. The zero-order valence-electron chi connectivity index (χ0n) is 12.2. The molecular formula is C13H17ClN5O2+. The number of hydrogen-bond acceptors (Lipinski definition) is 3. The molecule has 2 aliphatic rings. The van der Waals surface area contributed by atoms with Crippen molar-refractivity contribution in [1.29, 1.82) is 0 Å². The number of halogens is 1. The number of fused-ring (bicyclic) bond motifs is 3. The Morgan fingerprint density at radius 2 is 2.14 bits per heavy atom. The number of aromatic nitrogens is 2. The monoisotopic (exact) mass is 310 g/mol. The van der Waals surface area contributed by atoms with Crippen molar-refractivity contribution in [2.45, 2.75) is 26.4 Å². The molecule has 1 unspecified atom stereocenters. The second-order valence-electron chi connectivity index (χ2n) is 5.11. The zero-order chi connectivity index (χ0) is 15.3. The standard InChI is InChI=1S/C13H17ClN5O2/c1-4-17-11(20)9-10(16(3)13(17)21)15-12-18(6-5-14)8(2)7-19(9)12/h7,9H,4-6H2,1-3H3/q+1. The molecule has 3 amide bonds. The van der Waals surface area contributed by atoms with Crippen molar-refractivity contribution in [1.82, 2.24) is 14.4 Å². The van der Waals surface area contributed by atoms with Gasteiger partial charge in [0.2, 0.25) is 11.9 Å². The third-order valence-corrected chi connectivity index (χ3v) is 4.12. The van der Waals surface area contributed by atoms with Gasteiger partial charge in [-0.05, 0) is 13.8 Å². The number of carbonyl (C=O) groups is 2. The SMILES string of the molecule is CCN1C(=O)C2C(=Nc3n(CCCl)c(C)c[n+]32)N(C)C1=O. The van der Waals surface area contributed by atoms with Crippen molar-refractivity contribution in [3.05, 3.63) is 11.9 Å². The van der Waals surface area contributed by atoms with Gasteiger partial charge in [-0.25, -0.2) is 13.9 Å². The maximum atomic E-state index is 12.6. The van der Waals surface area contributed by atoms with Crippen LogP contribution in [0.1, 0.15) is 18.7 Å². The number of aryl methyl sites for hydroxylation is 1. The number of carbonyl (C=O) groups excluding carboxylic acids is 2. The van der Waals surface area contributed by atoms with Crippen LogP contribution in [0.15, 0.2) is 11.2 Å². The summed E-state index contributed by atoms with van der Waals surface area (Å²) in [6, 6.07) is -0.887. The molecule has 112 valence electrons. The number of rotatable bonds is 3. The number of hydrogen-bond donors (Lipinski definition) is 0. The highest BCUT2D eigenvalue weighted by Crippen LogP contribution is 2.28. The summed E-state index contributed by atoms with van der Waals surface area (Å²) in [7, 11) is 1.65. The van der Waals surface area contributed by atoms with E-state index in [1.807, 2.05) is 22.3 Å². The first-order valence-corrected chi connectivity index (χ1v) is 7.39. The Balaban J connectivity index is 2.12. The van der Waals surface area contributed by atoms with E-state index < -0.39 is 6.04 Å². The van der Waals surface area contributed by atoms with Gasteiger partial charge in [-0.1, -0.05) is 4.99 Å². The Morgan fingerprint density at radius 3 is 2.76 bits per heavy atom. The van der Waals surface area contributed by atoms with Crippen LogP contribution in [0.2, 0.25) is 0 Å². The van der Waals surface area contributed by atoms with Gasteiger partial charge in [0, 0.05) is 13.6 Å². The number of urea groups is 1. The molecule has 0 radical (unpaired) electrons. The fourth-order valence-corrected chi connectivity index (χ4v) is 3.05. The predicted octanol–water partition coefficient (Wildman–Crippen LogP) is 0.821. The molecule has 3 rings (SSSR count). The van der Waals surface area contributed by atoms with Gasteiger partial charge in [-0.3, -0.25) is 14.6 Å². The molecular weight excluding hydrogens is 294 g/mol. The van der Waals surface area contributed by atoms with E-state index in [0.717, 1.165) is 5.69 Å². The third kappa shape index (κ3) is 1.80. The highest BCUT2D eigenvalue weighted by atomic mass is 35.5. The molecule has 2 aliphatic heterocycles. The van der Waals surface area contributed by atoms with E-state index in [1.165, 1.54) is 9.80 Å². The molecule has 0 aliphatic carbocycles. The van der Waals surface area contributed by atoms with Gasteiger partial charge in [0.1, 0.15) is 11.9 Å². The molecule has 7 nitrogen and oxygen atoms in total. The van der Waals surface area contributed by atoms with Gasteiger partial charge in [0.15, 0.2) is 0 Å². The van der Waals surface area contributed by atoms with E-state index in [2.05, 4.69) is 4.99 Å². The second-order valence-corrected chi connectivity index (χ2v) is 5.49. The van der Waals surface area contributed by atoms with Crippen LogP contribution in [0.25, 0.3) is 0 Å². The summed E-state index contributed by atoms with van der Waals surface area (Å²) in [5.41, 5.74) is 0.990. The van der Waals surface area contributed by atoms with E-state index in [4.69, 9.17) is 11.6 Å². The first-order chi connectivity index (χ1) is 10.0. The van der Waals surface area contributed by atoms with Gasteiger partial charge in [-0.2, -0.15) is 0 Å². The molecule has 3 heterocycles. The molecule has 1 saturated heterocycles. The van der Waals surface area contributed by atoms with Crippen molar-refractivity contribution in [3.8, 4) is 0 Å². The minimum absolute atomic E-state index is 0.230. The molecule has 0 N–H and O–H groups in total. The second kappa shape index (κ2) is 4.84. The average molecular weight is 311 g/mol. The smallest absolute Gasteiger partial charge is 0.270 e. The zero-order valence-corrected chi connectivity index (χ0v) is 13.0. The minimum Gasteiger partial charge on any atom is -0.270 e. The van der Waals surface area contributed by atoms with E-state index >= 15 is 0 Å². The summed E-state index contributed by atoms with van der Waals surface area (Å²) in [6.07, 6.45) is 1.89. The van der Waals surface area contributed by atoms with Crippen LogP contribution < -0.4 is 4.57 Å². The Labute approximate surface area is 127 Å². The van der Waals surface area contributed by atoms with Crippen LogP contribution in [0.3, 0.4) is 0 Å². The number of likely N-dealkylation sites (N-methyl/N-ethyl adjacent to an activating group) is 2. The van der Waals surface area contributed by atoms with Gasteiger partial charge in [0.25, 0.3) is 5.91 Å². The third-order valence-electron chi connectivity index (χ3n) is 3.95. The summed E-state index contributed by atoms with van der Waals surface area (Å²) in [5, 5.41) is 0. The van der Waals surface area contributed by atoms with E-state index in [-0.39, 0.29) is 11.9 Å². The van der Waals surface area contributed by atoms with Crippen molar-refractivity contribution in [3.63, 3.8) is 0 Å². The summed E-state index contributed by atoms with van der Waals surface area (Å²) in [4.78, 5) is 32.0. The highest BCUT2D eigenvalue weighted by molar-refractivity contribution is 6.19. The predicted molar refractivity (Wildman–Crippen MR) is 76.8 cm³/mol. The molecule has 1 atom stereocenters. The Kier molecular flexibility index (Phi) is 3.24. The van der Waals surface area contributed by atoms with Crippen LogP contribution in [-0.2, 0) is 11.3 Å². The number of imide groups is 1. The Morgan fingerprint density at radius 1 is 1.43 bits per heavy atom. The lowest BCUT2D eigenvalue weighted by atomic mass is 10.1. The number of amidine groups is 1. The molecule has 1 fully saturated rings. The minimum atomic E-state index is -0.557. The summed E-state index contributed by atoms with van der Waals surface area (Å²) >= 11 is 5.83. The number of nitrogens with zero attached hydrogens (tertiary/aromatic N) is 5. The number of imidazole rings is 1. The topological polar surface area (TPSA) is 61.8 Å². The quantitative estimate of drug-likeness (QED) is 0.613. The number of amides is 3. The molecule has 0 bridgehead atoms. The number of aliphatic imine (C=N–C) groups is 1. The Hall–Kier alpha value is -1.89. The largest absolute Gasteiger partial charge is 0.401 e. The molecule has 8 heteroatoms. The maximum Gasteiger partial charge on any atom is 0.401 e. The normalized spacial score (nSPS) is 20.8. The van der Waals surface area contributed by atoms with Gasteiger partial charge in [0.05, 0.1) is 12.4 Å². The average Bonchev–Trinajstić information content (AvgIpc) is 2.95. The summed E-state index contributed by atoms with van der Waals surface area (Å²) in [5.74, 6) is 1.38. The molecule has 0 saturated carbocycles. The fraction of sp³-hybridized carbons (Fsp3) is 0.538. The lowest BCUT2D eigenvalue weighted by Gasteiger charge is -2.32. The van der Waals surface area contributed by atoms with Crippen LogP contribution in [0, 0.1) is 6.92 Å². The Bertz CT molecular complexity index is 666. The lowest BCUT2D eigenvalue weighted by molar-refractivity contribution is -0.677. The van der Waals surface area contributed by atoms with Crippen molar-refractivity contribution >= 4 is 35.3 Å². The van der Waals surface area contributed by atoms with E-state index in [1.54, 1.807) is 14.0 Å². The van der Waals surface area contributed by atoms with E-state index in [0.29, 0.717) is 30.8 Å².